The maximum Gasteiger partial charge on any atom is 0.153 e. The summed E-state index contributed by atoms with van der Waals surface area (Å²) in [5, 5.41) is 4.59. The standard InChI is InChI=1S/C25H22N6S/c1-17-15-31-24(27-17)8-7-20(29-31)22-14-26-21-13-23(32-25(21)28-22)19-9-11-30(12-10-19)16-18-5-3-2-4-6-18/h2-9,13-15H,10-12,16H2,1H3/i11D2,12D2. The van der Waals surface area contributed by atoms with E-state index in [9.17, 15) is 0 Å². The molecule has 0 aliphatic carbocycles. The van der Waals surface area contributed by atoms with Gasteiger partial charge in [0.05, 0.1) is 18.1 Å². The molecular weight excluding hydrogens is 416 g/mol. The molecule has 1 aliphatic heterocycles. The summed E-state index contributed by atoms with van der Waals surface area (Å²) in [6.07, 6.45) is 5.12. The van der Waals surface area contributed by atoms with Crippen LogP contribution in [-0.2, 0) is 6.54 Å². The number of rotatable bonds is 4. The summed E-state index contributed by atoms with van der Waals surface area (Å²) >= 11 is 1.39. The first-order chi connectivity index (χ1) is 17.2. The fraction of sp³-hybridized carbons (Fsp3) is 0.200. The monoisotopic (exact) mass is 442 g/mol. The molecule has 158 valence electrons. The molecule has 0 bridgehead atoms. The fourth-order valence-electron chi connectivity index (χ4n) is 3.69. The van der Waals surface area contributed by atoms with Gasteiger partial charge in [0.25, 0.3) is 0 Å². The molecular formula is C25H22N6S. The predicted molar refractivity (Wildman–Crippen MR) is 128 cm³/mol. The lowest BCUT2D eigenvalue weighted by Crippen LogP contribution is -2.27. The zero-order valence-corrected chi connectivity index (χ0v) is 18.2. The predicted octanol–water partition coefficient (Wildman–Crippen LogP) is 5.00. The second-order valence-corrected chi connectivity index (χ2v) is 8.70. The van der Waals surface area contributed by atoms with Crippen molar-refractivity contribution >= 4 is 32.9 Å². The molecule has 0 atom stereocenters. The van der Waals surface area contributed by atoms with Gasteiger partial charge in [-0.2, -0.15) is 5.10 Å². The van der Waals surface area contributed by atoms with E-state index in [4.69, 9.17) is 10.5 Å². The summed E-state index contributed by atoms with van der Waals surface area (Å²) in [4.78, 5) is 16.5. The van der Waals surface area contributed by atoms with Crippen LogP contribution >= 0.6 is 11.3 Å². The number of hydrogen-bond donors (Lipinski definition) is 0. The van der Waals surface area contributed by atoms with Crippen molar-refractivity contribution in [3.8, 4) is 11.4 Å². The molecule has 0 fully saturated rings. The van der Waals surface area contributed by atoms with Crippen molar-refractivity contribution in [2.45, 2.75) is 19.9 Å². The van der Waals surface area contributed by atoms with Crippen LogP contribution in [0.3, 0.4) is 0 Å². The SMILES string of the molecule is [2H]C1([2H])C=C(c2cc3ncc(-c4ccc5nc(C)cn5n4)nc3s2)CC([2H])([2H])N1Cc1ccccc1. The minimum atomic E-state index is -1.96. The van der Waals surface area contributed by atoms with Crippen LogP contribution in [0, 0.1) is 6.92 Å². The Labute approximate surface area is 195 Å². The molecule has 1 aromatic carbocycles. The van der Waals surface area contributed by atoms with Gasteiger partial charge in [0.2, 0.25) is 0 Å². The molecule has 0 unspecified atom stereocenters. The molecule has 32 heavy (non-hydrogen) atoms. The van der Waals surface area contributed by atoms with Crippen LogP contribution in [0.25, 0.3) is 33.0 Å². The van der Waals surface area contributed by atoms with Crippen LogP contribution in [0.2, 0.25) is 0 Å². The molecule has 0 spiro atoms. The molecule has 5 heterocycles. The lowest BCUT2D eigenvalue weighted by molar-refractivity contribution is 0.294. The van der Waals surface area contributed by atoms with Crippen molar-refractivity contribution in [3.05, 3.63) is 83.1 Å². The average Bonchev–Trinajstić information content (AvgIpc) is 3.43. The normalized spacial score (nSPS) is 19.8. The molecule has 0 amide bonds. The molecule has 0 radical (unpaired) electrons. The molecule has 6 nitrogen and oxygen atoms in total. The van der Waals surface area contributed by atoms with E-state index in [1.54, 1.807) is 10.7 Å². The van der Waals surface area contributed by atoms with Gasteiger partial charge in [-0.3, -0.25) is 9.88 Å². The van der Waals surface area contributed by atoms with Crippen molar-refractivity contribution < 1.29 is 5.48 Å². The van der Waals surface area contributed by atoms with Crippen molar-refractivity contribution in [1.82, 2.24) is 29.5 Å². The zero-order chi connectivity index (χ0) is 25.1. The second kappa shape index (κ2) is 7.93. The van der Waals surface area contributed by atoms with Crippen LogP contribution < -0.4 is 0 Å². The Bertz CT molecular complexity index is 1630. The van der Waals surface area contributed by atoms with E-state index in [-0.39, 0.29) is 13.0 Å². The number of nitrogens with zero attached hydrogens (tertiary/aromatic N) is 6. The van der Waals surface area contributed by atoms with E-state index in [1.165, 1.54) is 22.3 Å². The number of imidazole rings is 1. The van der Waals surface area contributed by atoms with Crippen molar-refractivity contribution in [2.24, 2.45) is 0 Å². The summed E-state index contributed by atoms with van der Waals surface area (Å²) in [6, 6.07) is 15.0. The minimum Gasteiger partial charge on any atom is -0.295 e. The highest BCUT2D eigenvalue weighted by atomic mass is 32.1. The van der Waals surface area contributed by atoms with Crippen LogP contribution in [0.15, 0.2) is 67.0 Å². The van der Waals surface area contributed by atoms with Gasteiger partial charge in [-0.1, -0.05) is 36.4 Å². The Balaban J connectivity index is 1.34. The molecule has 7 heteroatoms. The van der Waals surface area contributed by atoms with Crippen molar-refractivity contribution in [2.75, 3.05) is 13.0 Å². The highest BCUT2D eigenvalue weighted by Gasteiger charge is 2.16. The number of benzene rings is 1. The van der Waals surface area contributed by atoms with E-state index in [0.717, 1.165) is 21.8 Å². The summed E-state index contributed by atoms with van der Waals surface area (Å²) in [5.41, 5.74) is 5.11. The first-order valence-electron chi connectivity index (χ1n) is 12.3. The van der Waals surface area contributed by atoms with Crippen LogP contribution in [0.1, 0.15) is 28.0 Å². The zero-order valence-electron chi connectivity index (χ0n) is 21.4. The number of thiophene rings is 1. The van der Waals surface area contributed by atoms with Gasteiger partial charge < -0.3 is 0 Å². The summed E-state index contributed by atoms with van der Waals surface area (Å²) in [5.74, 6) is 0. The average molecular weight is 443 g/mol. The number of fused-ring (bicyclic) bond motifs is 2. The Morgan fingerprint density at radius 2 is 2.00 bits per heavy atom. The number of aromatic nitrogens is 5. The molecule has 1 aliphatic rings. The van der Waals surface area contributed by atoms with Gasteiger partial charge in [-0.25, -0.2) is 14.5 Å². The third-order valence-electron chi connectivity index (χ3n) is 5.30. The van der Waals surface area contributed by atoms with Gasteiger partial charge in [-0.15, -0.1) is 11.3 Å². The molecule has 0 N–H and O–H groups in total. The van der Waals surface area contributed by atoms with Crippen LogP contribution in [-0.4, -0.2) is 42.5 Å². The Morgan fingerprint density at radius 3 is 2.88 bits per heavy atom. The van der Waals surface area contributed by atoms with Crippen molar-refractivity contribution in [3.63, 3.8) is 0 Å². The lowest BCUT2D eigenvalue weighted by atomic mass is 10.1. The third-order valence-corrected chi connectivity index (χ3v) is 6.39. The summed E-state index contributed by atoms with van der Waals surface area (Å²) in [7, 11) is 0. The Morgan fingerprint density at radius 1 is 1.09 bits per heavy atom. The second-order valence-electron chi connectivity index (χ2n) is 7.67. The maximum absolute atomic E-state index is 8.69. The highest BCUT2D eigenvalue weighted by Crippen LogP contribution is 2.33. The van der Waals surface area contributed by atoms with Crippen LogP contribution in [0.5, 0.6) is 0 Å². The number of aryl methyl sites for hydroxylation is 1. The fourth-order valence-corrected chi connectivity index (χ4v) is 4.69. The first-order valence-corrected chi connectivity index (χ1v) is 11.1. The topological polar surface area (TPSA) is 59.2 Å². The van der Waals surface area contributed by atoms with E-state index in [2.05, 4.69) is 15.1 Å². The summed E-state index contributed by atoms with van der Waals surface area (Å²) in [6.45, 7) is -1.73. The van der Waals surface area contributed by atoms with Gasteiger partial charge >= 0.3 is 0 Å². The van der Waals surface area contributed by atoms with Gasteiger partial charge in [0.15, 0.2) is 5.65 Å². The molecule has 0 saturated carbocycles. The Hall–Kier alpha value is -3.42. The van der Waals surface area contributed by atoms with E-state index < -0.39 is 13.0 Å². The largest absolute Gasteiger partial charge is 0.295 e. The van der Waals surface area contributed by atoms with E-state index >= 15 is 0 Å². The van der Waals surface area contributed by atoms with Gasteiger partial charge in [0.1, 0.15) is 21.7 Å². The lowest BCUT2D eigenvalue weighted by Gasteiger charge is -2.26. The quantitative estimate of drug-likeness (QED) is 0.392. The van der Waals surface area contributed by atoms with Crippen molar-refractivity contribution in [1.29, 1.82) is 0 Å². The molecule has 4 aromatic heterocycles. The smallest absolute Gasteiger partial charge is 0.153 e. The summed E-state index contributed by atoms with van der Waals surface area (Å²) < 4.78 is 36.4. The molecule has 6 rings (SSSR count). The highest BCUT2D eigenvalue weighted by molar-refractivity contribution is 7.19. The molecule has 0 saturated heterocycles. The maximum atomic E-state index is 8.69. The Kier molecular flexibility index (Phi) is 3.81. The minimum absolute atomic E-state index is 0.0667. The van der Waals surface area contributed by atoms with Crippen LogP contribution in [0.4, 0.5) is 0 Å². The number of hydrogen-bond acceptors (Lipinski definition) is 6. The molecule has 5 aromatic rings. The van der Waals surface area contributed by atoms with E-state index in [0.29, 0.717) is 27.3 Å². The van der Waals surface area contributed by atoms with Gasteiger partial charge in [-0.05, 0) is 42.7 Å². The third kappa shape index (κ3) is 3.70. The van der Waals surface area contributed by atoms with Gasteiger partial charge in [0, 0.05) is 29.9 Å². The first kappa shape index (κ1) is 15.4. The van der Waals surface area contributed by atoms with E-state index in [1.807, 2.05) is 61.7 Å².